The average Bonchev–Trinajstić information content (AvgIpc) is 2.68. The lowest BCUT2D eigenvalue weighted by Gasteiger charge is -2.10. The first-order valence-corrected chi connectivity index (χ1v) is 11.9. The van der Waals surface area contributed by atoms with E-state index in [0.29, 0.717) is 32.0 Å². The number of ether oxygens (including phenoxy) is 2. The number of hydrogen-bond donors (Lipinski definition) is 0. The zero-order chi connectivity index (χ0) is 20.9. The molecule has 1 atom stereocenters. The molecule has 0 saturated carbocycles. The van der Waals surface area contributed by atoms with Crippen LogP contribution in [-0.4, -0.2) is 25.2 Å². The number of carbonyl (C=O) groups excluding carboxylic acids is 2. The van der Waals surface area contributed by atoms with Gasteiger partial charge in [-0.3, -0.25) is 9.59 Å². The maximum atomic E-state index is 11.6. The lowest BCUT2D eigenvalue weighted by Crippen LogP contribution is -2.10. The first kappa shape index (κ1) is 26.9. The molecule has 0 amide bonds. The van der Waals surface area contributed by atoms with Gasteiger partial charge in [0.2, 0.25) is 0 Å². The topological polar surface area (TPSA) is 52.6 Å². The van der Waals surface area contributed by atoms with Crippen LogP contribution in [0.5, 0.6) is 0 Å². The molecular formula is C24H46O4. The van der Waals surface area contributed by atoms with Crippen molar-refractivity contribution in [2.24, 2.45) is 5.92 Å². The van der Waals surface area contributed by atoms with Crippen molar-refractivity contribution >= 4 is 11.9 Å². The second-order valence-electron chi connectivity index (χ2n) is 8.18. The quantitative estimate of drug-likeness (QED) is 0.164. The first-order chi connectivity index (χ1) is 13.6. The van der Waals surface area contributed by atoms with Crippen molar-refractivity contribution in [2.45, 2.75) is 124 Å². The zero-order valence-electron chi connectivity index (χ0n) is 18.9. The van der Waals surface area contributed by atoms with Gasteiger partial charge in [0.05, 0.1) is 13.2 Å². The third-order valence-electron chi connectivity index (χ3n) is 5.03. The van der Waals surface area contributed by atoms with E-state index in [9.17, 15) is 9.59 Å². The van der Waals surface area contributed by atoms with Gasteiger partial charge in [0.25, 0.3) is 0 Å². The molecule has 0 aromatic rings. The summed E-state index contributed by atoms with van der Waals surface area (Å²) in [6, 6.07) is 0. The van der Waals surface area contributed by atoms with Crippen molar-refractivity contribution in [1.82, 2.24) is 0 Å². The fourth-order valence-corrected chi connectivity index (χ4v) is 3.30. The molecule has 4 nitrogen and oxygen atoms in total. The lowest BCUT2D eigenvalue weighted by molar-refractivity contribution is -0.145. The number of esters is 2. The van der Waals surface area contributed by atoms with Crippen molar-refractivity contribution in [1.29, 1.82) is 0 Å². The highest BCUT2D eigenvalue weighted by Gasteiger charge is 2.09. The van der Waals surface area contributed by atoms with Crippen molar-refractivity contribution in [3.63, 3.8) is 0 Å². The Balaban J connectivity index is 3.25. The third-order valence-corrected chi connectivity index (χ3v) is 5.03. The maximum Gasteiger partial charge on any atom is 0.306 e. The molecule has 4 heteroatoms. The molecule has 0 fully saturated rings. The second kappa shape index (κ2) is 20.7. The number of unbranched alkanes of at least 4 members (excludes halogenated alkanes) is 10. The minimum Gasteiger partial charge on any atom is -0.466 e. The van der Waals surface area contributed by atoms with E-state index in [1.54, 1.807) is 0 Å². The van der Waals surface area contributed by atoms with Crippen molar-refractivity contribution < 1.29 is 19.1 Å². The van der Waals surface area contributed by atoms with Crippen LogP contribution in [0.1, 0.15) is 124 Å². The molecule has 0 aliphatic carbocycles. The van der Waals surface area contributed by atoms with E-state index in [0.717, 1.165) is 32.1 Å². The smallest absolute Gasteiger partial charge is 0.306 e. The summed E-state index contributed by atoms with van der Waals surface area (Å²) in [5, 5.41) is 0. The van der Waals surface area contributed by atoms with Gasteiger partial charge in [0, 0.05) is 12.8 Å². The molecule has 166 valence electrons. The van der Waals surface area contributed by atoms with Crippen LogP contribution in [0.25, 0.3) is 0 Å². The SMILES string of the molecule is CCCOC(=O)CCCCCCCCCCCCCC(C)CC(=O)OCCC. The normalized spacial score (nSPS) is 12.0. The van der Waals surface area contributed by atoms with Crippen LogP contribution >= 0.6 is 0 Å². The molecule has 0 rings (SSSR count). The van der Waals surface area contributed by atoms with Gasteiger partial charge in [-0.2, -0.15) is 0 Å². The molecule has 0 saturated heterocycles. The van der Waals surface area contributed by atoms with Gasteiger partial charge in [0.1, 0.15) is 0 Å². The highest BCUT2D eigenvalue weighted by atomic mass is 16.5. The Morgan fingerprint density at radius 2 is 1.07 bits per heavy atom. The lowest BCUT2D eigenvalue weighted by atomic mass is 9.99. The molecule has 0 heterocycles. The largest absolute Gasteiger partial charge is 0.466 e. The molecule has 0 N–H and O–H groups in total. The van der Waals surface area contributed by atoms with Crippen molar-refractivity contribution in [3.05, 3.63) is 0 Å². The molecule has 0 aromatic carbocycles. The monoisotopic (exact) mass is 398 g/mol. The van der Waals surface area contributed by atoms with Crippen LogP contribution in [0.15, 0.2) is 0 Å². The second-order valence-corrected chi connectivity index (χ2v) is 8.18. The Morgan fingerprint density at radius 3 is 1.57 bits per heavy atom. The number of rotatable bonds is 20. The fourth-order valence-electron chi connectivity index (χ4n) is 3.30. The molecule has 0 bridgehead atoms. The van der Waals surface area contributed by atoms with Gasteiger partial charge in [-0.25, -0.2) is 0 Å². The minimum atomic E-state index is -0.0363. The summed E-state index contributed by atoms with van der Waals surface area (Å²) >= 11 is 0. The van der Waals surface area contributed by atoms with Gasteiger partial charge in [-0.15, -0.1) is 0 Å². The van der Waals surface area contributed by atoms with Crippen LogP contribution in [-0.2, 0) is 19.1 Å². The highest BCUT2D eigenvalue weighted by molar-refractivity contribution is 5.69. The number of carbonyl (C=O) groups is 2. The summed E-state index contributed by atoms with van der Waals surface area (Å²) < 4.78 is 10.2. The predicted molar refractivity (Wildman–Crippen MR) is 116 cm³/mol. The Kier molecular flexibility index (Phi) is 19.9. The molecular weight excluding hydrogens is 352 g/mol. The average molecular weight is 399 g/mol. The summed E-state index contributed by atoms with van der Waals surface area (Å²) in [6.45, 7) is 7.31. The van der Waals surface area contributed by atoms with Gasteiger partial charge in [-0.05, 0) is 25.2 Å². The molecule has 0 aliphatic heterocycles. The van der Waals surface area contributed by atoms with Crippen LogP contribution in [0.2, 0.25) is 0 Å². The summed E-state index contributed by atoms with van der Waals surface area (Å²) in [5.41, 5.74) is 0. The van der Waals surface area contributed by atoms with E-state index in [-0.39, 0.29) is 11.9 Å². The molecule has 1 unspecified atom stereocenters. The summed E-state index contributed by atoms with van der Waals surface area (Å²) in [6.07, 6.45) is 17.9. The van der Waals surface area contributed by atoms with E-state index < -0.39 is 0 Å². The van der Waals surface area contributed by atoms with E-state index in [1.165, 1.54) is 57.8 Å². The Morgan fingerprint density at radius 1 is 0.643 bits per heavy atom. The van der Waals surface area contributed by atoms with Crippen LogP contribution < -0.4 is 0 Å². The van der Waals surface area contributed by atoms with Crippen LogP contribution in [0.4, 0.5) is 0 Å². The first-order valence-electron chi connectivity index (χ1n) is 11.9. The van der Waals surface area contributed by atoms with Gasteiger partial charge < -0.3 is 9.47 Å². The summed E-state index contributed by atoms with van der Waals surface area (Å²) in [4.78, 5) is 22.9. The van der Waals surface area contributed by atoms with E-state index in [1.807, 2.05) is 13.8 Å². The van der Waals surface area contributed by atoms with E-state index >= 15 is 0 Å². The Bertz CT molecular complexity index is 368. The van der Waals surface area contributed by atoms with Gasteiger partial charge >= 0.3 is 11.9 Å². The molecule has 0 aromatic heterocycles. The molecule has 0 radical (unpaired) electrons. The van der Waals surface area contributed by atoms with Crippen LogP contribution in [0.3, 0.4) is 0 Å². The highest BCUT2D eigenvalue weighted by Crippen LogP contribution is 2.16. The summed E-state index contributed by atoms with van der Waals surface area (Å²) in [7, 11) is 0. The number of hydrogen-bond acceptors (Lipinski definition) is 4. The predicted octanol–water partition coefficient (Wildman–Crippen LogP) is 6.99. The Hall–Kier alpha value is -1.06. The van der Waals surface area contributed by atoms with Crippen molar-refractivity contribution in [3.8, 4) is 0 Å². The van der Waals surface area contributed by atoms with Gasteiger partial charge in [0.15, 0.2) is 0 Å². The fraction of sp³-hybridized carbons (Fsp3) is 0.917. The summed E-state index contributed by atoms with van der Waals surface area (Å²) in [5.74, 6) is 0.372. The minimum absolute atomic E-state index is 0.0346. The van der Waals surface area contributed by atoms with E-state index in [2.05, 4.69) is 6.92 Å². The Labute approximate surface area is 174 Å². The molecule has 0 spiro atoms. The third kappa shape index (κ3) is 19.7. The maximum absolute atomic E-state index is 11.6. The van der Waals surface area contributed by atoms with E-state index in [4.69, 9.17) is 9.47 Å². The zero-order valence-corrected chi connectivity index (χ0v) is 18.9. The van der Waals surface area contributed by atoms with Crippen molar-refractivity contribution in [2.75, 3.05) is 13.2 Å². The molecule has 28 heavy (non-hydrogen) atoms. The molecule has 0 aliphatic rings. The standard InChI is InChI=1S/C24H46O4/c1-4-19-27-23(25)18-16-14-12-10-8-6-7-9-11-13-15-17-22(3)21-24(26)28-20-5-2/h22H,4-21H2,1-3H3. The van der Waals surface area contributed by atoms with Gasteiger partial charge in [-0.1, -0.05) is 91.4 Å². The van der Waals surface area contributed by atoms with Crippen LogP contribution in [0, 0.1) is 5.92 Å².